The lowest BCUT2D eigenvalue weighted by atomic mass is 10.1. The van der Waals surface area contributed by atoms with Crippen molar-refractivity contribution in [2.75, 3.05) is 5.73 Å². The topological polar surface area (TPSA) is 119 Å². The van der Waals surface area contributed by atoms with Gasteiger partial charge in [0.05, 0.1) is 5.52 Å². The summed E-state index contributed by atoms with van der Waals surface area (Å²) in [6, 6.07) is 7.87. The summed E-state index contributed by atoms with van der Waals surface area (Å²) in [5.74, 6) is 0. The van der Waals surface area contributed by atoms with Crippen molar-refractivity contribution >= 4 is 27.0 Å². The van der Waals surface area contributed by atoms with Crippen LogP contribution < -0.4 is 5.73 Å². The van der Waals surface area contributed by atoms with Crippen LogP contribution >= 0.6 is 0 Å². The molecule has 6 nitrogen and oxygen atoms in total. The molecule has 0 unspecified atom stereocenters. The first-order valence-electron chi connectivity index (χ1n) is 4.55. The summed E-state index contributed by atoms with van der Waals surface area (Å²) >= 11 is 0. The van der Waals surface area contributed by atoms with Crippen LogP contribution in [0.4, 0.5) is 5.69 Å². The molecule has 0 saturated heterocycles. The van der Waals surface area contributed by atoms with Crippen LogP contribution in [0.1, 0.15) is 5.56 Å². The fourth-order valence-corrected chi connectivity index (χ4v) is 1.28. The second kappa shape index (κ2) is 5.09. The van der Waals surface area contributed by atoms with Crippen molar-refractivity contribution in [3.05, 3.63) is 36.0 Å². The summed E-state index contributed by atoms with van der Waals surface area (Å²) < 4.78 is 34.1. The van der Waals surface area contributed by atoms with E-state index in [9.17, 15) is 0 Å². The smallest absolute Gasteiger partial charge is 0.0722 e. The van der Waals surface area contributed by atoms with E-state index in [0.29, 0.717) is 0 Å². The Labute approximate surface area is 98.7 Å². The zero-order valence-corrected chi connectivity index (χ0v) is 9.77. The molecule has 0 saturated carbocycles. The minimum absolute atomic E-state index is 0.834. The van der Waals surface area contributed by atoms with Gasteiger partial charge in [-0.05, 0) is 30.7 Å². The lowest BCUT2D eigenvalue weighted by molar-refractivity contribution is 0.352. The standard InChI is InChI=1S/C10H10N2.H2O4S/c1-7-4-5-9-8(10(7)11)3-2-6-12-9;1-5(2,3)4/h2-6H,11H2,1H3;(H2,1,2,3,4)/p-2. The molecule has 0 spiro atoms. The average molecular weight is 254 g/mol. The zero-order valence-electron chi connectivity index (χ0n) is 8.95. The van der Waals surface area contributed by atoms with E-state index < -0.39 is 10.4 Å². The minimum atomic E-state index is -5.17. The molecular formula is C10H10N2O4S-2. The van der Waals surface area contributed by atoms with Gasteiger partial charge in [-0.3, -0.25) is 13.4 Å². The van der Waals surface area contributed by atoms with Gasteiger partial charge in [0.25, 0.3) is 0 Å². The lowest BCUT2D eigenvalue weighted by Crippen LogP contribution is -1.91. The molecule has 1 heterocycles. The van der Waals surface area contributed by atoms with Gasteiger partial charge in [0, 0.05) is 27.7 Å². The van der Waals surface area contributed by atoms with Crippen molar-refractivity contribution in [1.82, 2.24) is 4.98 Å². The van der Waals surface area contributed by atoms with Gasteiger partial charge in [-0.25, -0.2) is 0 Å². The first kappa shape index (κ1) is 13.4. The number of benzene rings is 1. The summed E-state index contributed by atoms with van der Waals surface area (Å²) in [5.41, 5.74) is 8.78. The molecule has 2 N–H and O–H groups in total. The van der Waals surface area contributed by atoms with E-state index in [4.69, 9.17) is 23.3 Å². The number of pyridine rings is 1. The Hall–Kier alpha value is -1.70. The maximum atomic E-state index is 8.52. The third kappa shape index (κ3) is 4.35. The van der Waals surface area contributed by atoms with E-state index in [0.717, 1.165) is 22.2 Å². The Kier molecular flexibility index (Phi) is 4.00. The highest BCUT2D eigenvalue weighted by molar-refractivity contribution is 7.79. The Bertz CT molecular complexity index is 617. The van der Waals surface area contributed by atoms with E-state index in [-0.39, 0.29) is 0 Å². The van der Waals surface area contributed by atoms with Crippen LogP contribution in [0.25, 0.3) is 10.9 Å². The molecule has 0 bridgehead atoms. The Morgan fingerprint density at radius 3 is 2.41 bits per heavy atom. The van der Waals surface area contributed by atoms with Gasteiger partial charge in [-0.1, -0.05) is 6.07 Å². The first-order valence-corrected chi connectivity index (χ1v) is 5.89. The third-order valence-corrected chi connectivity index (χ3v) is 2.04. The van der Waals surface area contributed by atoms with Crippen LogP contribution in [-0.2, 0) is 10.4 Å². The van der Waals surface area contributed by atoms with E-state index in [1.54, 1.807) is 6.20 Å². The van der Waals surface area contributed by atoms with Gasteiger partial charge >= 0.3 is 0 Å². The number of aromatic nitrogens is 1. The highest BCUT2D eigenvalue weighted by atomic mass is 32.3. The van der Waals surface area contributed by atoms with Gasteiger partial charge in [0.2, 0.25) is 0 Å². The van der Waals surface area contributed by atoms with Crippen molar-refractivity contribution in [1.29, 1.82) is 0 Å². The average Bonchev–Trinajstić information content (AvgIpc) is 2.22. The van der Waals surface area contributed by atoms with Crippen molar-refractivity contribution in [2.45, 2.75) is 6.92 Å². The van der Waals surface area contributed by atoms with E-state index in [1.165, 1.54) is 0 Å². The molecule has 0 amide bonds. The van der Waals surface area contributed by atoms with Crippen LogP contribution in [0.3, 0.4) is 0 Å². The summed E-state index contributed by atoms with van der Waals surface area (Å²) in [7, 11) is -5.17. The molecule has 1 aromatic heterocycles. The third-order valence-electron chi connectivity index (χ3n) is 2.04. The maximum Gasteiger partial charge on any atom is 0.0722 e. The predicted molar refractivity (Wildman–Crippen MR) is 61.4 cm³/mol. The largest absolute Gasteiger partial charge is 0.759 e. The minimum Gasteiger partial charge on any atom is -0.759 e. The number of nitrogen functional groups attached to an aromatic ring is 1. The van der Waals surface area contributed by atoms with Crippen LogP contribution in [0.5, 0.6) is 0 Å². The fourth-order valence-electron chi connectivity index (χ4n) is 1.28. The number of rotatable bonds is 0. The highest BCUT2D eigenvalue weighted by Gasteiger charge is 1.99. The van der Waals surface area contributed by atoms with Gasteiger partial charge in [-0.15, -0.1) is 0 Å². The molecule has 0 aliphatic heterocycles. The second-order valence-electron chi connectivity index (χ2n) is 3.27. The molecule has 2 rings (SSSR count). The quantitative estimate of drug-likeness (QED) is 0.421. The normalized spacial score (nSPS) is 10.8. The van der Waals surface area contributed by atoms with Crippen LogP contribution in [0, 0.1) is 6.92 Å². The maximum absolute atomic E-state index is 8.52. The number of aryl methyl sites for hydroxylation is 1. The van der Waals surface area contributed by atoms with Crippen molar-refractivity contribution in [2.24, 2.45) is 0 Å². The molecule has 17 heavy (non-hydrogen) atoms. The Morgan fingerprint density at radius 2 is 1.82 bits per heavy atom. The number of hydrogen-bond donors (Lipinski definition) is 1. The van der Waals surface area contributed by atoms with Gasteiger partial charge < -0.3 is 14.8 Å². The molecule has 7 heteroatoms. The molecule has 0 aliphatic carbocycles. The Balaban J connectivity index is 0.000000249. The van der Waals surface area contributed by atoms with Gasteiger partial charge in [0.1, 0.15) is 0 Å². The van der Waals surface area contributed by atoms with Crippen molar-refractivity contribution in [3.63, 3.8) is 0 Å². The van der Waals surface area contributed by atoms with Gasteiger partial charge in [-0.2, -0.15) is 0 Å². The number of nitrogens with two attached hydrogens (primary N) is 1. The molecular weight excluding hydrogens is 244 g/mol. The monoisotopic (exact) mass is 254 g/mol. The number of hydrogen-bond acceptors (Lipinski definition) is 6. The molecule has 1 aromatic carbocycles. The zero-order chi connectivity index (χ0) is 13.1. The van der Waals surface area contributed by atoms with Gasteiger partial charge in [0.15, 0.2) is 0 Å². The van der Waals surface area contributed by atoms with Crippen molar-refractivity contribution < 1.29 is 17.5 Å². The summed E-state index contributed by atoms with van der Waals surface area (Å²) in [6.45, 7) is 2.00. The molecule has 0 atom stereocenters. The van der Waals surface area contributed by atoms with E-state index >= 15 is 0 Å². The van der Waals surface area contributed by atoms with Crippen LogP contribution in [0.2, 0.25) is 0 Å². The second-order valence-corrected chi connectivity index (χ2v) is 4.09. The highest BCUT2D eigenvalue weighted by Crippen LogP contribution is 2.21. The van der Waals surface area contributed by atoms with E-state index in [1.807, 2.05) is 31.2 Å². The predicted octanol–water partition coefficient (Wildman–Crippen LogP) is 0.787. The SMILES string of the molecule is Cc1ccc2ncccc2c1N.O=S(=O)([O-])[O-]. The summed E-state index contributed by atoms with van der Waals surface area (Å²) in [5, 5.41) is 1.04. The van der Waals surface area contributed by atoms with Crippen molar-refractivity contribution in [3.8, 4) is 0 Å². The summed E-state index contributed by atoms with van der Waals surface area (Å²) in [4.78, 5) is 4.20. The number of anilines is 1. The molecule has 0 radical (unpaired) electrons. The van der Waals surface area contributed by atoms with Crippen LogP contribution in [-0.4, -0.2) is 22.5 Å². The molecule has 92 valence electrons. The Morgan fingerprint density at radius 1 is 1.24 bits per heavy atom. The fraction of sp³-hybridized carbons (Fsp3) is 0.100. The molecule has 0 aliphatic rings. The first-order chi connectivity index (χ1) is 7.79. The number of fused-ring (bicyclic) bond motifs is 1. The molecule has 0 fully saturated rings. The lowest BCUT2D eigenvalue weighted by Gasteiger charge is -2.06. The molecule has 2 aromatic rings. The summed E-state index contributed by atoms with van der Waals surface area (Å²) in [6.07, 6.45) is 1.77. The van der Waals surface area contributed by atoms with Crippen LogP contribution in [0.15, 0.2) is 30.5 Å². The van der Waals surface area contributed by atoms with E-state index in [2.05, 4.69) is 4.98 Å². The number of nitrogens with zero attached hydrogens (tertiary/aromatic N) is 1.